The van der Waals surface area contributed by atoms with Crippen LogP contribution in [0.1, 0.15) is 50.4 Å². The van der Waals surface area contributed by atoms with Crippen molar-refractivity contribution >= 4 is 34.3 Å². The van der Waals surface area contributed by atoms with Crippen LogP contribution in [0.15, 0.2) is 30.3 Å². The standard InChI is InChI=1S/C22H21ClN4O2/c1-13-8-19-18(20(25-24-19)22(29)26-6-2-3-7-26)10-17(13)21(28)27-11-14-4-5-16(23)9-15(14)12-27/h4-5,8-10H,2-3,6-7,11-12H2,1H3,(H,24,25). The third-order valence-corrected chi connectivity index (χ3v) is 6.15. The van der Waals surface area contributed by atoms with E-state index >= 15 is 0 Å². The molecule has 2 aromatic carbocycles. The zero-order chi connectivity index (χ0) is 20.1. The molecular weight excluding hydrogens is 388 g/mol. The average Bonchev–Trinajstić information content (AvgIpc) is 3.44. The number of nitrogens with zero attached hydrogens (tertiary/aromatic N) is 3. The SMILES string of the molecule is Cc1cc2[nH]nc(C(=O)N3CCCC3)c2cc1C(=O)N1Cc2ccc(Cl)cc2C1. The minimum atomic E-state index is -0.0702. The van der Waals surface area contributed by atoms with Crippen LogP contribution in [-0.4, -0.2) is 44.9 Å². The number of fused-ring (bicyclic) bond motifs is 2. The molecule has 0 unspecified atom stereocenters. The van der Waals surface area contributed by atoms with Crippen LogP contribution >= 0.6 is 11.6 Å². The molecule has 0 radical (unpaired) electrons. The smallest absolute Gasteiger partial charge is 0.274 e. The maximum absolute atomic E-state index is 13.3. The van der Waals surface area contributed by atoms with Crippen LogP contribution in [0.4, 0.5) is 0 Å². The zero-order valence-corrected chi connectivity index (χ0v) is 16.9. The van der Waals surface area contributed by atoms with Gasteiger partial charge in [0.2, 0.25) is 0 Å². The molecule has 0 atom stereocenters. The van der Waals surface area contributed by atoms with Crippen molar-refractivity contribution in [2.75, 3.05) is 13.1 Å². The van der Waals surface area contributed by atoms with Gasteiger partial charge in [-0.1, -0.05) is 17.7 Å². The Hall–Kier alpha value is -2.86. The second-order valence-corrected chi connectivity index (χ2v) is 8.29. The molecule has 1 aromatic heterocycles. The molecule has 5 rings (SSSR count). The Bertz CT molecular complexity index is 1150. The molecule has 1 saturated heterocycles. The Kier molecular flexibility index (Phi) is 4.32. The molecule has 1 N–H and O–H groups in total. The fourth-order valence-corrected chi connectivity index (χ4v) is 4.51. The molecule has 2 aliphatic heterocycles. The van der Waals surface area contributed by atoms with Crippen LogP contribution in [0.3, 0.4) is 0 Å². The number of benzene rings is 2. The first kappa shape index (κ1) is 18.2. The predicted octanol–water partition coefficient (Wildman–Crippen LogP) is 3.92. The van der Waals surface area contributed by atoms with Crippen molar-refractivity contribution in [3.63, 3.8) is 0 Å². The number of amides is 2. The summed E-state index contributed by atoms with van der Waals surface area (Å²) >= 11 is 6.10. The predicted molar refractivity (Wildman–Crippen MR) is 111 cm³/mol. The van der Waals surface area contributed by atoms with E-state index in [2.05, 4.69) is 10.2 Å². The lowest BCUT2D eigenvalue weighted by Gasteiger charge is -2.17. The number of aromatic amines is 1. The highest BCUT2D eigenvalue weighted by Gasteiger charge is 2.28. The van der Waals surface area contributed by atoms with E-state index < -0.39 is 0 Å². The van der Waals surface area contributed by atoms with E-state index in [0.717, 1.165) is 48.1 Å². The molecule has 2 amide bonds. The summed E-state index contributed by atoms with van der Waals surface area (Å²) in [5.74, 6) is -0.114. The van der Waals surface area contributed by atoms with Gasteiger partial charge in [0.25, 0.3) is 11.8 Å². The largest absolute Gasteiger partial charge is 0.337 e. The summed E-state index contributed by atoms with van der Waals surface area (Å²) in [7, 11) is 0. The van der Waals surface area contributed by atoms with Gasteiger partial charge in [-0.25, -0.2) is 0 Å². The zero-order valence-electron chi connectivity index (χ0n) is 16.2. The third kappa shape index (κ3) is 3.08. The van der Waals surface area contributed by atoms with E-state index in [9.17, 15) is 9.59 Å². The highest BCUT2D eigenvalue weighted by Crippen LogP contribution is 2.29. The first-order chi connectivity index (χ1) is 14.0. The fraction of sp³-hybridized carbons (Fsp3) is 0.318. The average molecular weight is 409 g/mol. The van der Waals surface area contributed by atoms with Gasteiger partial charge in [0.15, 0.2) is 5.69 Å². The number of carbonyl (C=O) groups excluding carboxylic acids is 2. The number of aromatic nitrogens is 2. The normalized spacial score (nSPS) is 15.9. The van der Waals surface area contributed by atoms with Crippen LogP contribution in [0.25, 0.3) is 10.9 Å². The number of hydrogen-bond donors (Lipinski definition) is 1. The summed E-state index contributed by atoms with van der Waals surface area (Å²) in [6.45, 7) is 4.54. The van der Waals surface area contributed by atoms with Crippen molar-refractivity contribution in [3.8, 4) is 0 Å². The number of H-pyrrole nitrogens is 1. The van der Waals surface area contributed by atoms with Crippen LogP contribution in [0, 0.1) is 6.92 Å². The molecule has 1 fully saturated rings. The van der Waals surface area contributed by atoms with Gasteiger partial charge in [0.05, 0.1) is 5.52 Å². The number of halogens is 1. The van der Waals surface area contributed by atoms with Crippen LogP contribution in [0.2, 0.25) is 5.02 Å². The van der Waals surface area contributed by atoms with Gasteiger partial charge in [-0.3, -0.25) is 14.7 Å². The van der Waals surface area contributed by atoms with E-state index in [1.807, 2.05) is 47.1 Å². The lowest BCUT2D eigenvalue weighted by Crippen LogP contribution is -2.28. The number of aryl methyl sites for hydroxylation is 1. The van der Waals surface area contributed by atoms with Crippen molar-refractivity contribution in [2.45, 2.75) is 32.9 Å². The third-order valence-electron chi connectivity index (χ3n) is 5.91. The van der Waals surface area contributed by atoms with Crippen molar-refractivity contribution in [2.24, 2.45) is 0 Å². The molecular formula is C22H21ClN4O2. The Morgan fingerprint density at radius 3 is 2.55 bits per heavy atom. The van der Waals surface area contributed by atoms with E-state index in [4.69, 9.17) is 11.6 Å². The summed E-state index contributed by atoms with van der Waals surface area (Å²) in [5, 5.41) is 8.60. The van der Waals surface area contributed by atoms with E-state index in [-0.39, 0.29) is 11.8 Å². The highest BCUT2D eigenvalue weighted by molar-refractivity contribution is 6.30. The maximum atomic E-state index is 13.3. The lowest BCUT2D eigenvalue weighted by atomic mass is 10.0. The first-order valence-corrected chi connectivity index (χ1v) is 10.2. The molecule has 0 spiro atoms. The maximum Gasteiger partial charge on any atom is 0.274 e. The number of nitrogens with one attached hydrogen (secondary N) is 1. The summed E-state index contributed by atoms with van der Waals surface area (Å²) in [6, 6.07) is 9.46. The van der Waals surface area contributed by atoms with Gasteiger partial charge in [0, 0.05) is 42.2 Å². The highest BCUT2D eigenvalue weighted by atomic mass is 35.5. The van der Waals surface area contributed by atoms with Gasteiger partial charge in [-0.05, 0) is 60.7 Å². The minimum absolute atomic E-state index is 0.0440. The molecule has 6 nitrogen and oxygen atoms in total. The monoisotopic (exact) mass is 408 g/mol. The quantitative estimate of drug-likeness (QED) is 0.698. The summed E-state index contributed by atoms with van der Waals surface area (Å²) in [6.07, 6.45) is 2.05. The van der Waals surface area contributed by atoms with Gasteiger partial charge >= 0.3 is 0 Å². The van der Waals surface area contributed by atoms with E-state index in [0.29, 0.717) is 34.8 Å². The molecule has 0 saturated carbocycles. The fourth-order valence-electron chi connectivity index (χ4n) is 4.31. The van der Waals surface area contributed by atoms with Crippen LogP contribution in [-0.2, 0) is 13.1 Å². The van der Waals surface area contributed by atoms with Crippen LogP contribution < -0.4 is 0 Å². The number of rotatable bonds is 2. The Labute approximate surface area is 173 Å². The first-order valence-electron chi connectivity index (χ1n) is 9.86. The second-order valence-electron chi connectivity index (χ2n) is 7.86. The molecule has 3 heterocycles. The molecule has 148 valence electrons. The number of likely N-dealkylation sites (tertiary alicyclic amines) is 1. The molecule has 2 aliphatic rings. The molecule has 7 heteroatoms. The summed E-state index contributed by atoms with van der Waals surface area (Å²) in [5.41, 5.74) is 4.84. The van der Waals surface area contributed by atoms with Crippen molar-refractivity contribution in [1.29, 1.82) is 0 Å². The van der Waals surface area contributed by atoms with Crippen molar-refractivity contribution < 1.29 is 9.59 Å². The van der Waals surface area contributed by atoms with Gasteiger partial charge in [-0.2, -0.15) is 5.10 Å². The lowest BCUT2D eigenvalue weighted by molar-refractivity contribution is 0.0748. The van der Waals surface area contributed by atoms with E-state index in [1.54, 1.807) is 0 Å². The molecule has 0 aliphatic carbocycles. The minimum Gasteiger partial charge on any atom is -0.337 e. The number of carbonyl (C=O) groups is 2. The van der Waals surface area contributed by atoms with Crippen molar-refractivity contribution in [1.82, 2.24) is 20.0 Å². The Morgan fingerprint density at radius 2 is 1.76 bits per heavy atom. The van der Waals surface area contributed by atoms with Crippen LogP contribution in [0.5, 0.6) is 0 Å². The molecule has 29 heavy (non-hydrogen) atoms. The van der Waals surface area contributed by atoms with Gasteiger partial charge in [0.1, 0.15) is 0 Å². The van der Waals surface area contributed by atoms with Gasteiger partial charge < -0.3 is 9.80 Å². The summed E-state index contributed by atoms with van der Waals surface area (Å²) < 4.78 is 0. The Morgan fingerprint density at radius 1 is 1.00 bits per heavy atom. The topological polar surface area (TPSA) is 69.3 Å². The van der Waals surface area contributed by atoms with Gasteiger partial charge in [-0.15, -0.1) is 0 Å². The molecule has 3 aromatic rings. The van der Waals surface area contributed by atoms with E-state index in [1.165, 1.54) is 0 Å². The second kappa shape index (κ2) is 6.88. The van der Waals surface area contributed by atoms with Crippen molar-refractivity contribution in [3.05, 3.63) is 63.3 Å². The number of hydrogen-bond acceptors (Lipinski definition) is 3. The summed E-state index contributed by atoms with van der Waals surface area (Å²) in [4.78, 5) is 29.8. The molecule has 0 bridgehead atoms. The Balaban J connectivity index is 1.48.